The third kappa shape index (κ3) is 2.70. The maximum absolute atomic E-state index is 11.0. The van der Waals surface area contributed by atoms with E-state index in [1.165, 1.54) is 6.42 Å². The Morgan fingerprint density at radius 1 is 1.24 bits per heavy atom. The van der Waals surface area contributed by atoms with E-state index in [1.54, 1.807) is 0 Å². The largest absolute Gasteiger partial charge is 0.379 e. The maximum atomic E-state index is 11.0. The van der Waals surface area contributed by atoms with Crippen LogP contribution >= 0.6 is 0 Å². The molecule has 2 nitrogen and oxygen atoms in total. The fourth-order valence-electron chi connectivity index (χ4n) is 2.99. The zero-order chi connectivity index (χ0) is 12.3. The Kier molecular flexibility index (Phi) is 3.85. The molecule has 1 saturated carbocycles. The highest BCUT2D eigenvalue weighted by atomic mass is 16.3. The summed E-state index contributed by atoms with van der Waals surface area (Å²) in [6.07, 6.45) is 4.38. The Balaban J connectivity index is 2.25. The van der Waals surface area contributed by atoms with Crippen molar-refractivity contribution in [1.29, 1.82) is 0 Å². The van der Waals surface area contributed by atoms with Gasteiger partial charge in [0, 0.05) is 6.42 Å². The second kappa shape index (κ2) is 5.19. The molecular formula is C15H24NO+. The average Bonchev–Trinajstić information content (AvgIpc) is 2.33. The molecule has 1 aliphatic carbocycles. The number of hydrogen-bond donors (Lipinski definition) is 2. The van der Waals surface area contributed by atoms with Crippen LogP contribution in [0.2, 0.25) is 0 Å². The molecule has 0 aromatic heterocycles. The van der Waals surface area contributed by atoms with E-state index < -0.39 is 5.60 Å². The Morgan fingerprint density at radius 3 is 2.59 bits per heavy atom. The molecule has 1 aromatic rings. The van der Waals surface area contributed by atoms with Crippen molar-refractivity contribution < 1.29 is 10.4 Å². The number of benzene rings is 1. The van der Waals surface area contributed by atoms with E-state index in [4.69, 9.17) is 0 Å². The topological polar surface area (TPSA) is 36.8 Å². The number of quaternary nitrogens is 1. The van der Waals surface area contributed by atoms with Gasteiger partial charge in [0.1, 0.15) is 11.6 Å². The Morgan fingerprint density at radius 2 is 1.94 bits per heavy atom. The van der Waals surface area contributed by atoms with Crippen LogP contribution in [0.5, 0.6) is 0 Å². The van der Waals surface area contributed by atoms with Gasteiger partial charge in [0.05, 0.1) is 6.04 Å². The predicted octanol–water partition coefficient (Wildman–Crippen LogP) is 1.79. The summed E-state index contributed by atoms with van der Waals surface area (Å²) in [5, 5.41) is 13.3. The summed E-state index contributed by atoms with van der Waals surface area (Å²) in [5.74, 6) is 0. The summed E-state index contributed by atoms with van der Waals surface area (Å²) < 4.78 is 0. The van der Waals surface area contributed by atoms with Gasteiger partial charge < -0.3 is 10.4 Å². The van der Waals surface area contributed by atoms with Gasteiger partial charge in [-0.3, -0.25) is 0 Å². The van der Waals surface area contributed by atoms with Gasteiger partial charge in [-0.15, -0.1) is 0 Å². The zero-order valence-corrected chi connectivity index (χ0v) is 10.9. The Hall–Kier alpha value is -0.860. The molecule has 0 spiro atoms. The monoisotopic (exact) mass is 234 g/mol. The summed E-state index contributed by atoms with van der Waals surface area (Å²) in [6, 6.07) is 11.0. The van der Waals surface area contributed by atoms with Crippen molar-refractivity contribution in [3.8, 4) is 0 Å². The lowest BCUT2D eigenvalue weighted by atomic mass is 9.75. The van der Waals surface area contributed by atoms with Crippen LogP contribution in [0.3, 0.4) is 0 Å². The first-order valence-electron chi connectivity index (χ1n) is 6.76. The van der Waals surface area contributed by atoms with Crippen LogP contribution < -0.4 is 5.32 Å². The summed E-state index contributed by atoms with van der Waals surface area (Å²) >= 11 is 0. The van der Waals surface area contributed by atoms with E-state index in [0.29, 0.717) is 12.1 Å². The molecule has 2 heteroatoms. The second-order valence-electron chi connectivity index (χ2n) is 5.58. The second-order valence-corrected chi connectivity index (χ2v) is 5.58. The Labute approximate surface area is 104 Å². The minimum Gasteiger partial charge on any atom is -0.379 e. The van der Waals surface area contributed by atoms with Crippen molar-refractivity contribution in [2.45, 2.75) is 57.2 Å². The lowest BCUT2D eigenvalue weighted by Crippen LogP contribution is -2.97. The van der Waals surface area contributed by atoms with Crippen molar-refractivity contribution in [3.63, 3.8) is 0 Å². The van der Waals surface area contributed by atoms with Gasteiger partial charge in [0.2, 0.25) is 0 Å². The van der Waals surface area contributed by atoms with Crippen LogP contribution in [0.1, 0.15) is 45.1 Å². The maximum Gasteiger partial charge on any atom is 0.141 e. The lowest BCUT2D eigenvalue weighted by molar-refractivity contribution is -0.732. The highest BCUT2D eigenvalue weighted by molar-refractivity contribution is 5.24. The normalized spacial score (nSPS) is 29.5. The standard InChI is InChI=1S/C15H23NO/c1-12(2)16-14-10-6-7-11-15(14,17)13-8-4-3-5-9-13/h3-5,8-9,12,14,16-17H,6-7,10-11H2,1-2H3/p+1/t14-,15+/m1/s1. The molecule has 2 atom stereocenters. The van der Waals surface area contributed by atoms with Crippen LogP contribution in [-0.4, -0.2) is 17.2 Å². The zero-order valence-electron chi connectivity index (χ0n) is 10.9. The molecule has 0 aliphatic heterocycles. The van der Waals surface area contributed by atoms with Gasteiger partial charge in [0.15, 0.2) is 0 Å². The molecule has 94 valence electrons. The van der Waals surface area contributed by atoms with E-state index in [-0.39, 0.29) is 0 Å². The van der Waals surface area contributed by atoms with Crippen LogP contribution in [0.15, 0.2) is 30.3 Å². The molecule has 0 radical (unpaired) electrons. The summed E-state index contributed by atoms with van der Waals surface area (Å²) in [6.45, 7) is 4.39. The number of aliphatic hydroxyl groups is 1. The van der Waals surface area contributed by atoms with E-state index in [2.05, 4.69) is 31.3 Å². The molecule has 0 amide bonds. The highest BCUT2D eigenvalue weighted by Crippen LogP contribution is 2.35. The molecule has 2 rings (SSSR count). The number of rotatable bonds is 3. The molecule has 1 fully saturated rings. The molecule has 0 unspecified atom stereocenters. The molecular weight excluding hydrogens is 210 g/mol. The smallest absolute Gasteiger partial charge is 0.141 e. The SMILES string of the molecule is CC(C)[NH2+][C@@H]1CCCC[C@]1(O)c1ccccc1. The first-order valence-corrected chi connectivity index (χ1v) is 6.76. The average molecular weight is 234 g/mol. The number of nitrogens with two attached hydrogens (primary N) is 1. The summed E-state index contributed by atoms with van der Waals surface area (Å²) in [5.41, 5.74) is 0.450. The molecule has 0 saturated heterocycles. The van der Waals surface area contributed by atoms with Crippen molar-refractivity contribution in [3.05, 3.63) is 35.9 Å². The first-order chi connectivity index (χ1) is 8.13. The molecule has 3 N–H and O–H groups in total. The van der Waals surface area contributed by atoms with E-state index in [1.807, 2.05) is 18.2 Å². The minimum absolute atomic E-state index is 0.304. The van der Waals surface area contributed by atoms with Crippen molar-refractivity contribution in [2.24, 2.45) is 0 Å². The van der Waals surface area contributed by atoms with Gasteiger partial charge in [0.25, 0.3) is 0 Å². The molecule has 0 heterocycles. The Bertz CT molecular complexity index is 349. The van der Waals surface area contributed by atoms with Crippen LogP contribution in [0, 0.1) is 0 Å². The molecule has 17 heavy (non-hydrogen) atoms. The highest BCUT2D eigenvalue weighted by Gasteiger charge is 2.43. The van der Waals surface area contributed by atoms with Gasteiger partial charge in [-0.25, -0.2) is 0 Å². The predicted molar refractivity (Wildman–Crippen MR) is 69.7 cm³/mol. The molecule has 1 aliphatic rings. The van der Waals surface area contributed by atoms with Gasteiger partial charge in [-0.1, -0.05) is 30.3 Å². The quantitative estimate of drug-likeness (QED) is 0.822. The van der Waals surface area contributed by atoms with Gasteiger partial charge >= 0.3 is 0 Å². The van der Waals surface area contributed by atoms with Crippen molar-refractivity contribution >= 4 is 0 Å². The summed E-state index contributed by atoms with van der Waals surface area (Å²) in [4.78, 5) is 0. The fourth-order valence-corrected chi connectivity index (χ4v) is 2.99. The van der Waals surface area contributed by atoms with E-state index in [0.717, 1.165) is 24.8 Å². The van der Waals surface area contributed by atoms with Crippen molar-refractivity contribution in [2.75, 3.05) is 0 Å². The number of hydrogen-bond acceptors (Lipinski definition) is 1. The van der Waals surface area contributed by atoms with Crippen LogP contribution in [0.4, 0.5) is 0 Å². The summed E-state index contributed by atoms with van der Waals surface area (Å²) in [7, 11) is 0. The van der Waals surface area contributed by atoms with Gasteiger partial charge in [-0.2, -0.15) is 0 Å². The third-order valence-corrected chi connectivity index (χ3v) is 3.83. The third-order valence-electron chi connectivity index (χ3n) is 3.83. The van der Waals surface area contributed by atoms with Crippen molar-refractivity contribution in [1.82, 2.24) is 0 Å². The van der Waals surface area contributed by atoms with Crippen LogP contribution in [-0.2, 0) is 5.60 Å². The van der Waals surface area contributed by atoms with E-state index >= 15 is 0 Å². The van der Waals surface area contributed by atoms with E-state index in [9.17, 15) is 5.11 Å². The molecule has 1 aromatic carbocycles. The van der Waals surface area contributed by atoms with Crippen LogP contribution in [0.25, 0.3) is 0 Å². The minimum atomic E-state index is -0.635. The van der Waals surface area contributed by atoms with Gasteiger partial charge in [-0.05, 0) is 38.7 Å². The first kappa shape index (κ1) is 12.6. The fraction of sp³-hybridized carbons (Fsp3) is 0.600. The molecule has 0 bridgehead atoms. The lowest BCUT2D eigenvalue weighted by Gasteiger charge is -2.39.